The van der Waals surface area contributed by atoms with E-state index >= 15 is 0 Å². The zero-order valence-electron chi connectivity index (χ0n) is 12.3. The van der Waals surface area contributed by atoms with Crippen molar-refractivity contribution in [3.05, 3.63) is 35.2 Å². The first-order valence-corrected chi connectivity index (χ1v) is 8.53. The van der Waals surface area contributed by atoms with E-state index in [0.717, 1.165) is 11.3 Å². The molecule has 0 aliphatic rings. The van der Waals surface area contributed by atoms with E-state index in [2.05, 4.69) is 43.2 Å². The first-order valence-electron chi connectivity index (χ1n) is 6.52. The molecular weight excluding hydrogens is 363 g/mol. The molecule has 0 bridgehead atoms. The number of amides is 1. The van der Waals surface area contributed by atoms with Gasteiger partial charge in [-0.15, -0.1) is 11.3 Å². The Hall–Kier alpha value is -0.810. The van der Waals surface area contributed by atoms with Crippen LogP contribution in [0.2, 0.25) is 0 Å². The molecule has 2 aromatic rings. The van der Waals surface area contributed by atoms with Crippen molar-refractivity contribution in [1.82, 2.24) is 4.98 Å². The van der Waals surface area contributed by atoms with Gasteiger partial charge in [-0.05, 0) is 11.0 Å². The summed E-state index contributed by atoms with van der Waals surface area (Å²) in [4.78, 5) is 15.9. The summed E-state index contributed by atoms with van der Waals surface area (Å²) < 4.78 is -2.00. The van der Waals surface area contributed by atoms with Crippen LogP contribution >= 0.6 is 46.1 Å². The van der Waals surface area contributed by atoms with Crippen LogP contribution in [-0.2, 0) is 10.2 Å². The number of nitrogens with one attached hydrogen (secondary N) is 1. The van der Waals surface area contributed by atoms with Gasteiger partial charge in [0.25, 0.3) is 9.70 Å². The largest absolute Gasteiger partial charge is 0.298 e. The fourth-order valence-corrected chi connectivity index (χ4v) is 2.63. The number of nitrogens with zero attached hydrogens (tertiary/aromatic N) is 1. The smallest absolute Gasteiger partial charge is 0.278 e. The van der Waals surface area contributed by atoms with Crippen molar-refractivity contribution >= 4 is 57.2 Å². The third-order valence-electron chi connectivity index (χ3n) is 3.03. The molecule has 1 heterocycles. The number of halogens is 3. The zero-order chi connectivity index (χ0) is 16.5. The molecule has 1 amide bonds. The van der Waals surface area contributed by atoms with Gasteiger partial charge in [-0.25, -0.2) is 4.98 Å². The van der Waals surface area contributed by atoms with E-state index in [1.807, 2.05) is 17.5 Å². The van der Waals surface area contributed by atoms with Crippen molar-refractivity contribution < 1.29 is 4.79 Å². The van der Waals surface area contributed by atoms with Crippen LogP contribution in [0.4, 0.5) is 5.13 Å². The number of carbonyl (C=O) groups is 1. The SMILES string of the molecule is CC(C)(C)c1ccc(-c2csc(NC(=O)C(Cl)(Cl)Cl)n2)cc1. The summed E-state index contributed by atoms with van der Waals surface area (Å²) in [7, 11) is 0. The fourth-order valence-electron chi connectivity index (χ4n) is 1.77. The molecule has 2 rings (SSSR count). The van der Waals surface area contributed by atoms with E-state index in [9.17, 15) is 4.79 Å². The van der Waals surface area contributed by atoms with Crippen LogP contribution in [-0.4, -0.2) is 14.7 Å². The van der Waals surface area contributed by atoms with Crippen LogP contribution in [0.25, 0.3) is 11.3 Å². The molecule has 0 saturated heterocycles. The summed E-state index contributed by atoms with van der Waals surface area (Å²) in [6, 6.07) is 8.18. The molecule has 1 N–H and O–H groups in total. The van der Waals surface area contributed by atoms with Gasteiger partial charge in [0.1, 0.15) is 0 Å². The highest BCUT2D eigenvalue weighted by Crippen LogP contribution is 2.31. The number of benzene rings is 1. The highest BCUT2D eigenvalue weighted by molar-refractivity contribution is 7.14. The monoisotopic (exact) mass is 376 g/mol. The fraction of sp³-hybridized carbons (Fsp3) is 0.333. The van der Waals surface area contributed by atoms with Crippen molar-refractivity contribution in [2.24, 2.45) is 0 Å². The minimum atomic E-state index is -2.00. The molecule has 0 unspecified atom stereocenters. The van der Waals surface area contributed by atoms with Gasteiger partial charge in [0, 0.05) is 10.9 Å². The number of thiazole rings is 1. The van der Waals surface area contributed by atoms with Crippen molar-refractivity contribution in [3.8, 4) is 11.3 Å². The summed E-state index contributed by atoms with van der Waals surface area (Å²) in [5.41, 5.74) is 3.09. The molecule has 0 aliphatic carbocycles. The minimum Gasteiger partial charge on any atom is -0.298 e. The topological polar surface area (TPSA) is 42.0 Å². The Balaban J connectivity index is 2.16. The normalized spacial score (nSPS) is 12.3. The molecule has 118 valence electrons. The van der Waals surface area contributed by atoms with Crippen LogP contribution in [0.3, 0.4) is 0 Å². The predicted molar refractivity (Wildman–Crippen MR) is 95.2 cm³/mol. The lowest BCUT2D eigenvalue weighted by Gasteiger charge is -2.18. The quantitative estimate of drug-likeness (QED) is 0.710. The third-order valence-corrected chi connectivity index (χ3v) is 4.30. The second-order valence-corrected chi connectivity index (χ2v) is 8.96. The summed E-state index contributed by atoms with van der Waals surface area (Å²) in [6.45, 7) is 6.49. The Labute approximate surface area is 148 Å². The van der Waals surface area contributed by atoms with Crippen LogP contribution in [0.5, 0.6) is 0 Å². The van der Waals surface area contributed by atoms with Crippen LogP contribution in [0.1, 0.15) is 26.3 Å². The lowest BCUT2D eigenvalue weighted by Crippen LogP contribution is -2.26. The number of carbonyl (C=O) groups excluding carboxylic acids is 1. The Kier molecular flexibility index (Phi) is 5.07. The molecule has 1 aromatic heterocycles. The van der Waals surface area contributed by atoms with Gasteiger partial charge >= 0.3 is 0 Å². The molecule has 0 spiro atoms. The summed E-state index contributed by atoms with van der Waals surface area (Å²) in [5.74, 6) is -0.721. The lowest BCUT2D eigenvalue weighted by molar-refractivity contribution is -0.115. The van der Waals surface area contributed by atoms with E-state index in [-0.39, 0.29) is 5.41 Å². The Morgan fingerprint density at radius 1 is 1.14 bits per heavy atom. The number of hydrogen-bond acceptors (Lipinski definition) is 3. The number of hydrogen-bond donors (Lipinski definition) is 1. The van der Waals surface area contributed by atoms with Gasteiger partial charge in [-0.2, -0.15) is 0 Å². The van der Waals surface area contributed by atoms with Gasteiger partial charge in [0.15, 0.2) is 5.13 Å². The average Bonchev–Trinajstić information content (AvgIpc) is 2.85. The first-order chi connectivity index (χ1) is 10.1. The van der Waals surface area contributed by atoms with Crippen molar-refractivity contribution in [1.29, 1.82) is 0 Å². The van der Waals surface area contributed by atoms with Crippen LogP contribution < -0.4 is 5.32 Å². The number of rotatable bonds is 2. The van der Waals surface area contributed by atoms with Gasteiger partial charge in [0.2, 0.25) is 0 Å². The molecule has 1 aromatic carbocycles. The van der Waals surface area contributed by atoms with Gasteiger partial charge in [-0.1, -0.05) is 79.8 Å². The van der Waals surface area contributed by atoms with E-state index in [0.29, 0.717) is 5.13 Å². The maximum absolute atomic E-state index is 11.6. The molecule has 0 aliphatic heterocycles. The maximum Gasteiger partial charge on any atom is 0.278 e. The number of alkyl halides is 3. The molecule has 0 fully saturated rings. The highest BCUT2D eigenvalue weighted by atomic mass is 35.6. The highest BCUT2D eigenvalue weighted by Gasteiger charge is 2.31. The lowest BCUT2D eigenvalue weighted by atomic mass is 9.86. The van der Waals surface area contributed by atoms with Crippen molar-refractivity contribution in [3.63, 3.8) is 0 Å². The van der Waals surface area contributed by atoms with Gasteiger partial charge < -0.3 is 0 Å². The summed E-state index contributed by atoms with van der Waals surface area (Å²) in [6.07, 6.45) is 0. The third kappa shape index (κ3) is 4.35. The van der Waals surface area contributed by atoms with E-state index in [4.69, 9.17) is 34.8 Å². The van der Waals surface area contributed by atoms with Crippen LogP contribution in [0.15, 0.2) is 29.6 Å². The standard InChI is InChI=1S/C15H15Cl3N2OS/c1-14(2,3)10-6-4-9(5-7-10)11-8-22-13(19-11)20-12(21)15(16,17)18/h4-8H,1-3H3,(H,19,20,21). The first kappa shape index (κ1) is 17.5. The number of aromatic nitrogens is 1. The summed E-state index contributed by atoms with van der Waals surface area (Å²) >= 11 is 17.8. The van der Waals surface area contributed by atoms with Crippen LogP contribution in [0, 0.1) is 0 Å². The second kappa shape index (κ2) is 6.36. The average molecular weight is 378 g/mol. The molecule has 0 radical (unpaired) electrons. The minimum absolute atomic E-state index is 0.101. The molecule has 22 heavy (non-hydrogen) atoms. The van der Waals surface area contributed by atoms with Gasteiger partial charge in [0.05, 0.1) is 5.69 Å². The van der Waals surface area contributed by atoms with E-state index < -0.39 is 9.70 Å². The molecule has 3 nitrogen and oxygen atoms in total. The molecular formula is C15H15Cl3N2OS. The maximum atomic E-state index is 11.6. The number of anilines is 1. The van der Waals surface area contributed by atoms with Gasteiger partial charge in [-0.3, -0.25) is 10.1 Å². The molecule has 0 saturated carbocycles. The Bertz CT molecular complexity index is 669. The van der Waals surface area contributed by atoms with E-state index in [1.165, 1.54) is 16.9 Å². The predicted octanol–water partition coefficient (Wildman–Crippen LogP) is 5.42. The second-order valence-electron chi connectivity index (χ2n) is 5.82. The van der Waals surface area contributed by atoms with Crippen molar-refractivity contribution in [2.75, 3.05) is 5.32 Å². The Morgan fingerprint density at radius 2 is 1.73 bits per heavy atom. The Morgan fingerprint density at radius 3 is 2.23 bits per heavy atom. The van der Waals surface area contributed by atoms with E-state index in [1.54, 1.807) is 0 Å². The summed E-state index contributed by atoms with van der Waals surface area (Å²) in [5, 5.41) is 4.72. The van der Waals surface area contributed by atoms with Crippen molar-refractivity contribution in [2.45, 2.75) is 30.0 Å². The molecule has 0 atom stereocenters. The molecule has 7 heteroatoms. The zero-order valence-corrected chi connectivity index (χ0v) is 15.4.